The first-order chi connectivity index (χ1) is 18.3. The van der Waals surface area contributed by atoms with Gasteiger partial charge in [0.15, 0.2) is 5.13 Å². The monoisotopic (exact) mass is 536 g/mol. The molecule has 10 heteroatoms. The Hall–Kier alpha value is -4.18. The van der Waals surface area contributed by atoms with E-state index in [1.165, 1.54) is 19.1 Å². The van der Waals surface area contributed by atoms with Crippen molar-refractivity contribution in [2.24, 2.45) is 0 Å². The van der Waals surface area contributed by atoms with Crippen LogP contribution >= 0.6 is 11.3 Å². The number of aliphatic hydroxyl groups excluding tert-OH is 1. The third kappa shape index (κ3) is 5.12. The van der Waals surface area contributed by atoms with Gasteiger partial charge in [-0.1, -0.05) is 36.8 Å². The topological polar surface area (TPSA) is 115 Å². The molecule has 1 aliphatic rings. The number of carbonyl (C=O) groups is 3. The summed E-state index contributed by atoms with van der Waals surface area (Å²) in [5.74, 6) is -1.42. The highest BCUT2D eigenvalue weighted by Crippen LogP contribution is 2.44. The number of aliphatic hydroxyl groups is 1. The number of ketones is 1. The Morgan fingerprint density at radius 2 is 1.71 bits per heavy atom. The summed E-state index contributed by atoms with van der Waals surface area (Å²) in [5.41, 5.74) is 1.19. The maximum Gasteiger partial charge on any atom is 0.350 e. The number of carbonyl (C=O) groups excluding carboxylic acids is 3. The van der Waals surface area contributed by atoms with Crippen LogP contribution in [0.15, 0.2) is 54.1 Å². The van der Waals surface area contributed by atoms with E-state index in [1.807, 2.05) is 0 Å². The number of Topliss-reactive ketones (excluding diaryl/α,β-unsaturated/α-hetero) is 1. The number of rotatable bonds is 9. The van der Waals surface area contributed by atoms with E-state index in [0.29, 0.717) is 34.9 Å². The number of nitrogens with zero attached hydrogens (tertiary/aromatic N) is 2. The third-order valence-electron chi connectivity index (χ3n) is 6.13. The number of anilines is 1. The maximum absolute atomic E-state index is 13.4. The Balaban J connectivity index is 1.82. The molecule has 2 aromatic carbocycles. The molecule has 1 unspecified atom stereocenters. The number of hydrogen-bond acceptors (Lipinski definition) is 9. The molecule has 1 fully saturated rings. The van der Waals surface area contributed by atoms with Crippen LogP contribution in [-0.4, -0.2) is 48.6 Å². The van der Waals surface area contributed by atoms with Crippen LogP contribution in [-0.2, 0) is 14.3 Å². The van der Waals surface area contributed by atoms with Gasteiger partial charge in [0.1, 0.15) is 22.1 Å². The number of ether oxygens (including phenoxy) is 3. The molecule has 1 atom stereocenters. The Labute approximate surface area is 224 Å². The zero-order valence-electron chi connectivity index (χ0n) is 21.5. The van der Waals surface area contributed by atoms with Crippen LogP contribution in [0, 0.1) is 6.92 Å². The average molecular weight is 537 g/mol. The van der Waals surface area contributed by atoms with Crippen LogP contribution in [0.5, 0.6) is 11.5 Å². The van der Waals surface area contributed by atoms with Gasteiger partial charge in [0.2, 0.25) is 0 Å². The Bertz CT molecular complexity index is 1380. The Morgan fingerprint density at radius 3 is 2.32 bits per heavy atom. The molecule has 1 aliphatic heterocycles. The molecule has 1 saturated heterocycles. The fraction of sp³-hybridized carbons (Fsp3) is 0.286. The number of esters is 1. The lowest BCUT2D eigenvalue weighted by Gasteiger charge is -2.23. The van der Waals surface area contributed by atoms with Crippen molar-refractivity contribution >= 4 is 39.9 Å². The lowest BCUT2D eigenvalue weighted by Crippen LogP contribution is -2.29. The van der Waals surface area contributed by atoms with Crippen molar-refractivity contribution in [3.63, 3.8) is 0 Å². The summed E-state index contributed by atoms with van der Waals surface area (Å²) >= 11 is 0.944. The minimum atomic E-state index is -0.988. The van der Waals surface area contributed by atoms with Gasteiger partial charge in [-0.05, 0) is 55.3 Å². The predicted molar refractivity (Wildman–Crippen MR) is 143 cm³/mol. The molecule has 4 rings (SSSR count). The van der Waals surface area contributed by atoms with Gasteiger partial charge in [-0.2, -0.15) is 0 Å². The minimum Gasteiger partial charge on any atom is -0.507 e. The summed E-state index contributed by atoms with van der Waals surface area (Å²) in [5, 5.41) is 11.5. The fourth-order valence-electron chi connectivity index (χ4n) is 4.10. The normalized spacial score (nSPS) is 16.5. The standard InChI is InChI=1S/C28H28N2O7S/c1-5-6-15-37-20-13-9-18(10-14-20)23(31)21-22(17-7-11-19(35-3)12-8-17)30(26(33)24(21)32)28-29-16(2)25(38-28)27(34)36-4/h7-14,22,31H,5-6,15H2,1-4H3. The van der Waals surface area contributed by atoms with Crippen molar-refractivity contribution in [1.82, 2.24) is 4.98 Å². The molecule has 0 spiro atoms. The van der Waals surface area contributed by atoms with E-state index in [2.05, 4.69) is 11.9 Å². The summed E-state index contributed by atoms with van der Waals surface area (Å²) in [7, 11) is 2.79. The van der Waals surface area contributed by atoms with E-state index in [-0.39, 0.29) is 21.3 Å². The largest absolute Gasteiger partial charge is 0.507 e. The second kappa shape index (κ2) is 11.5. The number of benzene rings is 2. The molecule has 3 aromatic rings. The van der Waals surface area contributed by atoms with Crippen molar-refractivity contribution in [1.29, 1.82) is 0 Å². The molecular weight excluding hydrogens is 508 g/mol. The SMILES string of the molecule is CCCCOc1ccc(C(O)=C2C(=O)C(=O)N(c3nc(C)c(C(=O)OC)s3)C2c2ccc(OC)cc2)cc1. The summed E-state index contributed by atoms with van der Waals surface area (Å²) in [6.07, 6.45) is 1.92. The number of aryl methyl sites for hydroxylation is 1. The van der Waals surface area contributed by atoms with Gasteiger partial charge in [-0.15, -0.1) is 0 Å². The smallest absolute Gasteiger partial charge is 0.350 e. The Morgan fingerprint density at radius 1 is 1.05 bits per heavy atom. The van der Waals surface area contributed by atoms with Gasteiger partial charge in [-0.3, -0.25) is 14.5 Å². The second-order valence-electron chi connectivity index (χ2n) is 8.57. The first-order valence-corrected chi connectivity index (χ1v) is 12.9. The van der Waals surface area contributed by atoms with Gasteiger partial charge in [0.05, 0.1) is 38.1 Å². The number of thiazole rings is 1. The highest BCUT2D eigenvalue weighted by molar-refractivity contribution is 7.17. The van der Waals surface area contributed by atoms with E-state index >= 15 is 0 Å². The maximum atomic E-state index is 13.4. The van der Waals surface area contributed by atoms with Crippen molar-refractivity contribution < 1.29 is 33.7 Å². The predicted octanol–water partition coefficient (Wildman–Crippen LogP) is 5.05. The highest BCUT2D eigenvalue weighted by Gasteiger charge is 2.48. The summed E-state index contributed by atoms with van der Waals surface area (Å²) in [6, 6.07) is 12.5. The number of hydrogen-bond donors (Lipinski definition) is 1. The van der Waals surface area contributed by atoms with Crippen LogP contribution in [0.2, 0.25) is 0 Å². The average Bonchev–Trinajstić information content (AvgIpc) is 3.44. The molecule has 1 aromatic heterocycles. The fourth-order valence-corrected chi connectivity index (χ4v) is 5.11. The molecule has 0 saturated carbocycles. The molecule has 1 amide bonds. The van der Waals surface area contributed by atoms with Crippen LogP contribution in [0.3, 0.4) is 0 Å². The van der Waals surface area contributed by atoms with Gasteiger partial charge in [0, 0.05) is 5.56 Å². The number of amides is 1. The van der Waals surface area contributed by atoms with Gasteiger partial charge in [0.25, 0.3) is 5.78 Å². The van der Waals surface area contributed by atoms with Gasteiger partial charge in [-0.25, -0.2) is 9.78 Å². The molecule has 0 radical (unpaired) electrons. The molecular formula is C28H28N2O7S. The lowest BCUT2D eigenvalue weighted by atomic mass is 9.95. The molecule has 198 valence electrons. The van der Waals surface area contributed by atoms with E-state index in [0.717, 1.165) is 24.2 Å². The van der Waals surface area contributed by atoms with Gasteiger partial charge >= 0.3 is 11.9 Å². The van der Waals surface area contributed by atoms with Crippen molar-refractivity contribution in [2.45, 2.75) is 32.7 Å². The van der Waals surface area contributed by atoms with Crippen molar-refractivity contribution in [3.8, 4) is 11.5 Å². The quantitative estimate of drug-likeness (QED) is 0.133. The molecule has 1 N–H and O–H groups in total. The zero-order valence-corrected chi connectivity index (χ0v) is 22.3. The van der Waals surface area contributed by atoms with Gasteiger partial charge < -0.3 is 19.3 Å². The van der Waals surface area contributed by atoms with Crippen LogP contribution in [0.1, 0.15) is 52.3 Å². The third-order valence-corrected chi connectivity index (χ3v) is 7.27. The van der Waals surface area contributed by atoms with Crippen LogP contribution in [0.25, 0.3) is 5.76 Å². The lowest BCUT2D eigenvalue weighted by molar-refractivity contribution is -0.132. The summed E-state index contributed by atoms with van der Waals surface area (Å²) in [6.45, 7) is 4.27. The van der Waals surface area contributed by atoms with E-state index < -0.39 is 23.7 Å². The van der Waals surface area contributed by atoms with E-state index in [1.54, 1.807) is 55.5 Å². The zero-order chi connectivity index (χ0) is 27.4. The van der Waals surface area contributed by atoms with Crippen LogP contribution < -0.4 is 14.4 Å². The first kappa shape index (κ1) is 26.9. The number of aromatic nitrogens is 1. The molecule has 9 nitrogen and oxygen atoms in total. The molecule has 2 heterocycles. The van der Waals surface area contributed by atoms with E-state index in [4.69, 9.17) is 14.2 Å². The number of unbranched alkanes of at least 4 members (excludes halogenated alkanes) is 1. The molecule has 0 bridgehead atoms. The van der Waals surface area contributed by atoms with Crippen LogP contribution in [0.4, 0.5) is 5.13 Å². The van der Waals surface area contributed by atoms with E-state index in [9.17, 15) is 19.5 Å². The summed E-state index contributed by atoms with van der Waals surface area (Å²) < 4.78 is 15.8. The number of methoxy groups -OCH3 is 2. The molecule has 38 heavy (non-hydrogen) atoms. The summed E-state index contributed by atoms with van der Waals surface area (Å²) in [4.78, 5) is 44.7. The first-order valence-electron chi connectivity index (χ1n) is 12.0. The molecule has 0 aliphatic carbocycles. The highest BCUT2D eigenvalue weighted by atomic mass is 32.1. The van der Waals surface area contributed by atoms with Crippen molar-refractivity contribution in [3.05, 3.63) is 75.8 Å². The minimum absolute atomic E-state index is 0.0905. The Kier molecular flexibility index (Phi) is 8.11. The van der Waals surface area contributed by atoms with Crippen molar-refractivity contribution in [2.75, 3.05) is 25.7 Å². The second-order valence-corrected chi connectivity index (χ2v) is 9.55.